The van der Waals surface area contributed by atoms with Crippen LogP contribution in [0.25, 0.3) is 0 Å². The molecule has 1 heterocycles. The number of halogens is 2. The highest BCUT2D eigenvalue weighted by molar-refractivity contribution is 7.13. The molecule has 2 N–H and O–H groups in total. The second-order valence-electron chi connectivity index (χ2n) is 2.11. The van der Waals surface area contributed by atoms with Gasteiger partial charge in [-0.2, -0.15) is 0 Å². The topological polar surface area (TPSA) is 56.0 Å². The van der Waals surface area contributed by atoms with Crippen LogP contribution in [-0.2, 0) is 0 Å². The number of hydrogen-bond donors (Lipinski definition) is 1. The van der Waals surface area contributed by atoms with Crippen LogP contribution >= 0.6 is 11.3 Å². The average molecular weight is 192 g/mol. The van der Waals surface area contributed by atoms with E-state index in [1.807, 2.05) is 0 Å². The van der Waals surface area contributed by atoms with E-state index in [1.165, 1.54) is 0 Å². The summed E-state index contributed by atoms with van der Waals surface area (Å²) in [6.07, 6.45) is -2.74. The molecule has 6 heteroatoms. The molecule has 0 aromatic carbocycles. The van der Waals surface area contributed by atoms with Crippen molar-refractivity contribution in [3.05, 3.63) is 15.6 Å². The third-order valence-electron chi connectivity index (χ3n) is 1.19. The molecule has 0 unspecified atom stereocenters. The maximum Gasteiger partial charge on any atom is 0.282 e. The zero-order valence-electron chi connectivity index (χ0n) is 6.17. The molecule has 0 aliphatic rings. The van der Waals surface area contributed by atoms with Crippen LogP contribution in [0.3, 0.4) is 0 Å². The fourth-order valence-corrected chi connectivity index (χ4v) is 1.55. The molecule has 0 aliphatic carbocycles. The number of nitrogens with zero attached hydrogens (tertiary/aromatic N) is 1. The summed E-state index contributed by atoms with van der Waals surface area (Å²) in [5.41, 5.74) is 4.35. The number of primary amides is 1. The van der Waals surface area contributed by atoms with Crippen molar-refractivity contribution >= 4 is 17.2 Å². The second-order valence-corrected chi connectivity index (χ2v) is 3.32. The van der Waals surface area contributed by atoms with Crippen LogP contribution < -0.4 is 5.73 Å². The molecule has 0 radical (unpaired) electrons. The molecule has 0 bridgehead atoms. The number of carbonyl (C=O) groups excluding carboxylic acids is 1. The van der Waals surface area contributed by atoms with Crippen molar-refractivity contribution in [1.29, 1.82) is 0 Å². The molecule has 1 amide bonds. The molecule has 0 atom stereocenters. The van der Waals surface area contributed by atoms with E-state index in [-0.39, 0.29) is 4.88 Å². The molecule has 0 aliphatic heterocycles. The van der Waals surface area contributed by atoms with Gasteiger partial charge >= 0.3 is 0 Å². The van der Waals surface area contributed by atoms with E-state index < -0.39 is 18.0 Å². The van der Waals surface area contributed by atoms with Gasteiger partial charge in [0.1, 0.15) is 10.6 Å². The van der Waals surface area contributed by atoms with Gasteiger partial charge in [-0.3, -0.25) is 4.79 Å². The van der Waals surface area contributed by atoms with Gasteiger partial charge in [-0.25, -0.2) is 13.8 Å². The zero-order valence-corrected chi connectivity index (χ0v) is 6.99. The van der Waals surface area contributed by atoms with Crippen LogP contribution in [0.5, 0.6) is 0 Å². The minimum atomic E-state index is -2.74. The lowest BCUT2D eigenvalue weighted by molar-refractivity contribution is 0.0989. The molecule has 1 rings (SSSR count). The van der Waals surface area contributed by atoms with E-state index >= 15 is 0 Å². The predicted molar refractivity (Wildman–Crippen MR) is 40.3 cm³/mol. The molecule has 0 saturated heterocycles. The van der Waals surface area contributed by atoms with Gasteiger partial charge in [0, 0.05) is 0 Å². The molecule has 1 aromatic heterocycles. The van der Waals surface area contributed by atoms with Crippen LogP contribution in [0.4, 0.5) is 8.78 Å². The SMILES string of the molecule is Cc1nc(C(F)F)c(C(N)=O)s1. The number of nitrogens with two attached hydrogens (primary N) is 1. The van der Waals surface area contributed by atoms with Crippen molar-refractivity contribution in [2.75, 3.05) is 0 Å². The Morgan fingerprint density at radius 2 is 2.25 bits per heavy atom. The van der Waals surface area contributed by atoms with E-state index in [4.69, 9.17) is 5.73 Å². The first-order valence-corrected chi connectivity index (χ1v) is 3.89. The Morgan fingerprint density at radius 3 is 2.58 bits per heavy atom. The molecule has 66 valence electrons. The maximum absolute atomic E-state index is 12.1. The molecule has 0 spiro atoms. The summed E-state index contributed by atoms with van der Waals surface area (Å²) in [4.78, 5) is 13.9. The number of amides is 1. The van der Waals surface area contributed by atoms with Crippen molar-refractivity contribution in [2.24, 2.45) is 5.73 Å². The van der Waals surface area contributed by atoms with Crippen molar-refractivity contribution in [3.63, 3.8) is 0 Å². The first-order chi connectivity index (χ1) is 5.52. The van der Waals surface area contributed by atoms with Crippen molar-refractivity contribution in [3.8, 4) is 0 Å². The number of aromatic nitrogens is 1. The Balaban J connectivity index is 3.17. The summed E-state index contributed by atoms with van der Waals surface area (Å²) in [6, 6.07) is 0. The van der Waals surface area contributed by atoms with Gasteiger partial charge in [-0.05, 0) is 6.92 Å². The molecular formula is C6H6F2N2OS. The smallest absolute Gasteiger partial charge is 0.282 e. The van der Waals surface area contributed by atoms with Gasteiger partial charge in [0.15, 0.2) is 0 Å². The molecule has 0 saturated carbocycles. The van der Waals surface area contributed by atoms with Crippen molar-refractivity contribution in [1.82, 2.24) is 4.98 Å². The highest BCUT2D eigenvalue weighted by Crippen LogP contribution is 2.26. The molecule has 0 fully saturated rings. The summed E-state index contributed by atoms with van der Waals surface area (Å²) in [5, 5.41) is 0.416. The van der Waals surface area contributed by atoms with Gasteiger partial charge in [-0.15, -0.1) is 11.3 Å². The fraction of sp³-hybridized carbons (Fsp3) is 0.333. The van der Waals surface area contributed by atoms with E-state index in [1.54, 1.807) is 6.92 Å². The summed E-state index contributed by atoms with van der Waals surface area (Å²) >= 11 is 0.885. The van der Waals surface area contributed by atoms with Gasteiger partial charge in [-0.1, -0.05) is 0 Å². The number of rotatable bonds is 2. The summed E-state index contributed by atoms with van der Waals surface area (Å²) in [7, 11) is 0. The second kappa shape index (κ2) is 3.14. The first kappa shape index (κ1) is 9.05. The highest BCUT2D eigenvalue weighted by atomic mass is 32.1. The third-order valence-corrected chi connectivity index (χ3v) is 2.19. The standard InChI is InChI=1S/C6H6F2N2OS/c1-2-10-3(5(7)8)4(12-2)6(9)11/h5H,1H3,(H2,9,11). The minimum absolute atomic E-state index is 0.150. The number of hydrogen-bond acceptors (Lipinski definition) is 3. The van der Waals surface area contributed by atoms with Crippen molar-refractivity contribution < 1.29 is 13.6 Å². The van der Waals surface area contributed by atoms with E-state index in [9.17, 15) is 13.6 Å². The predicted octanol–water partition coefficient (Wildman–Crippen LogP) is 1.49. The zero-order chi connectivity index (χ0) is 9.30. The number of thiazole rings is 1. The van der Waals surface area contributed by atoms with Gasteiger partial charge in [0.25, 0.3) is 12.3 Å². The van der Waals surface area contributed by atoms with Crippen LogP contribution in [0.15, 0.2) is 0 Å². The molecule has 1 aromatic rings. The largest absolute Gasteiger partial charge is 0.365 e. The lowest BCUT2D eigenvalue weighted by atomic mass is 10.3. The molecule has 3 nitrogen and oxygen atoms in total. The Labute approximate surface area is 71.2 Å². The number of carbonyl (C=O) groups is 1. The summed E-state index contributed by atoms with van der Waals surface area (Å²) < 4.78 is 24.3. The molecular weight excluding hydrogens is 186 g/mol. The monoisotopic (exact) mass is 192 g/mol. The first-order valence-electron chi connectivity index (χ1n) is 3.07. The summed E-state index contributed by atoms with van der Waals surface area (Å²) in [5.74, 6) is -0.851. The number of aryl methyl sites for hydroxylation is 1. The van der Waals surface area contributed by atoms with Crippen LogP contribution in [0, 0.1) is 6.92 Å². The van der Waals surface area contributed by atoms with Gasteiger partial charge in [0.2, 0.25) is 0 Å². The summed E-state index contributed by atoms with van der Waals surface area (Å²) in [6.45, 7) is 1.54. The normalized spacial score (nSPS) is 10.7. The maximum atomic E-state index is 12.1. The molecule has 12 heavy (non-hydrogen) atoms. The highest BCUT2D eigenvalue weighted by Gasteiger charge is 2.21. The lowest BCUT2D eigenvalue weighted by Crippen LogP contribution is -2.11. The van der Waals surface area contributed by atoms with E-state index in [2.05, 4.69) is 4.98 Å². The van der Waals surface area contributed by atoms with Gasteiger partial charge in [0.05, 0.1) is 5.01 Å². The Kier molecular flexibility index (Phi) is 2.37. The minimum Gasteiger partial charge on any atom is -0.365 e. The van der Waals surface area contributed by atoms with Gasteiger partial charge < -0.3 is 5.73 Å². The average Bonchev–Trinajstić information content (AvgIpc) is 2.31. The van der Waals surface area contributed by atoms with Crippen molar-refractivity contribution in [2.45, 2.75) is 13.3 Å². The van der Waals surface area contributed by atoms with E-state index in [0.717, 1.165) is 11.3 Å². The van der Waals surface area contributed by atoms with Crippen LogP contribution in [0.1, 0.15) is 26.8 Å². The van der Waals surface area contributed by atoms with Crippen LogP contribution in [-0.4, -0.2) is 10.9 Å². The quantitative estimate of drug-likeness (QED) is 0.771. The number of alkyl halides is 2. The lowest BCUT2D eigenvalue weighted by Gasteiger charge is -1.94. The Bertz CT molecular complexity index is 310. The third kappa shape index (κ3) is 1.58. The Hall–Kier alpha value is -1.04. The Morgan fingerprint density at radius 1 is 1.67 bits per heavy atom. The fourth-order valence-electron chi connectivity index (χ4n) is 0.768. The van der Waals surface area contributed by atoms with E-state index in [0.29, 0.717) is 5.01 Å². The van der Waals surface area contributed by atoms with Crippen LogP contribution in [0.2, 0.25) is 0 Å².